The fourth-order valence-electron chi connectivity index (χ4n) is 2.18. The maximum Gasteiger partial charge on any atom is 0.145 e. The van der Waals surface area contributed by atoms with E-state index in [2.05, 4.69) is 24.1 Å². The van der Waals surface area contributed by atoms with E-state index >= 15 is 0 Å². The molecule has 1 aromatic carbocycles. The molecule has 0 bridgehead atoms. The van der Waals surface area contributed by atoms with Gasteiger partial charge in [-0.25, -0.2) is 0 Å². The van der Waals surface area contributed by atoms with E-state index in [1.165, 1.54) is 0 Å². The number of para-hydroxylation sites is 1. The molecule has 0 saturated carbocycles. The predicted octanol–water partition coefficient (Wildman–Crippen LogP) is 3.08. The Kier molecular flexibility index (Phi) is 5.72. The van der Waals surface area contributed by atoms with Crippen molar-refractivity contribution in [3.05, 3.63) is 53.9 Å². The van der Waals surface area contributed by atoms with Crippen LogP contribution in [-0.4, -0.2) is 23.2 Å². The average molecular weight is 286 g/mol. The van der Waals surface area contributed by atoms with Crippen LogP contribution in [0.15, 0.2) is 42.6 Å². The van der Waals surface area contributed by atoms with Gasteiger partial charge in [-0.1, -0.05) is 25.1 Å². The summed E-state index contributed by atoms with van der Waals surface area (Å²) < 4.78 is 5.86. The van der Waals surface area contributed by atoms with E-state index in [1.54, 1.807) is 6.20 Å². The summed E-state index contributed by atoms with van der Waals surface area (Å²) in [5, 5.41) is 12.4. The Labute approximate surface area is 125 Å². The normalized spacial score (nSPS) is 12.1. The maximum absolute atomic E-state index is 9.08. The van der Waals surface area contributed by atoms with E-state index in [9.17, 15) is 0 Å². The number of hydrogen-bond acceptors (Lipinski definition) is 4. The molecule has 2 N–H and O–H groups in total. The summed E-state index contributed by atoms with van der Waals surface area (Å²) in [4.78, 5) is 4.43. The van der Waals surface area contributed by atoms with Gasteiger partial charge >= 0.3 is 0 Å². The Balaban J connectivity index is 2.10. The predicted molar refractivity (Wildman–Crippen MR) is 83.6 cm³/mol. The van der Waals surface area contributed by atoms with Crippen molar-refractivity contribution in [2.24, 2.45) is 0 Å². The molecule has 0 saturated heterocycles. The molecular weight excluding hydrogens is 264 g/mol. The van der Waals surface area contributed by atoms with Crippen molar-refractivity contribution in [1.29, 1.82) is 0 Å². The Hall–Kier alpha value is -1.91. The minimum absolute atomic E-state index is 0.109. The van der Waals surface area contributed by atoms with Crippen LogP contribution in [0.2, 0.25) is 0 Å². The molecule has 1 aromatic heterocycles. The molecular formula is C17H22N2O2. The fourth-order valence-corrected chi connectivity index (χ4v) is 2.18. The number of nitrogens with zero attached hydrogens (tertiary/aromatic N) is 1. The van der Waals surface area contributed by atoms with Gasteiger partial charge in [0.1, 0.15) is 11.5 Å². The Morgan fingerprint density at radius 2 is 2.05 bits per heavy atom. The molecule has 0 aliphatic heterocycles. The van der Waals surface area contributed by atoms with Gasteiger partial charge in [0, 0.05) is 12.6 Å². The van der Waals surface area contributed by atoms with E-state index in [-0.39, 0.29) is 12.6 Å². The highest BCUT2D eigenvalue weighted by Gasteiger charge is 2.07. The second-order valence-electron chi connectivity index (χ2n) is 4.88. The molecule has 112 valence electrons. The number of benzene rings is 1. The van der Waals surface area contributed by atoms with Crippen LogP contribution in [0, 0.1) is 0 Å². The van der Waals surface area contributed by atoms with Crippen molar-refractivity contribution in [3.63, 3.8) is 0 Å². The Bertz CT molecular complexity index is 555. The zero-order chi connectivity index (χ0) is 15.1. The smallest absolute Gasteiger partial charge is 0.145 e. The molecule has 0 aliphatic carbocycles. The molecule has 2 aromatic rings. The summed E-state index contributed by atoms with van der Waals surface area (Å²) in [5.74, 6) is 1.47. The molecule has 4 heteroatoms. The number of aliphatic hydroxyl groups is 1. The highest BCUT2D eigenvalue weighted by atomic mass is 16.5. The third-order valence-electron chi connectivity index (χ3n) is 3.29. The lowest BCUT2D eigenvalue weighted by Crippen LogP contribution is -2.18. The number of aliphatic hydroxyl groups excluding tert-OH is 1. The minimum atomic E-state index is 0.109. The van der Waals surface area contributed by atoms with Crippen molar-refractivity contribution in [3.8, 4) is 11.5 Å². The topological polar surface area (TPSA) is 54.4 Å². The third-order valence-corrected chi connectivity index (χ3v) is 3.29. The van der Waals surface area contributed by atoms with Crippen LogP contribution < -0.4 is 10.1 Å². The van der Waals surface area contributed by atoms with Gasteiger partial charge < -0.3 is 15.2 Å². The summed E-state index contributed by atoms with van der Waals surface area (Å²) in [7, 11) is 0. The number of hydrogen-bond donors (Lipinski definition) is 2. The zero-order valence-corrected chi connectivity index (χ0v) is 12.5. The first kappa shape index (κ1) is 15.5. The molecule has 0 fully saturated rings. The first-order valence-electron chi connectivity index (χ1n) is 7.30. The van der Waals surface area contributed by atoms with Crippen LogP contribution in [0.5, 0.6) is 11.5 Å². The summed E-state index contributed by atoms with van der Waals surface area (Å²) >= 11 is 0. The van der Waals surface area contributed by atoms with E-state index in [0.717, 1.165) is 23.6 Å². The lowest BCUT2D eigenvalue weighted by Gasteiger charge is -2.13. The standard InChI is InChI=1S/C17H22N2O2/c1-3-18-13(2)16-9-8-15(12-19-16)21-17-7-5-4-6-14(17)10-11-20/h4-9,12-13,18,20H,3,10-11H2,1-2H3. The lowest BCUT2D eigenvalue weighted by atomic mass is 10.1. The maximum atomic E-state index is 9.08. The van der Waals surface area contributed by atoms with E-state index in [0.29, 0.717) is 12.2 Å². The molecule has 1 atom stereocenters. The summed E-state index contributed by atoms with van der Waals surface area (Å²) in [6.07, 6.45) is 2.32. The Morgan fingerprint density at radius 3 is 2.71 bits per heavy atom. The third kappa shape index (κ3) is 4.28. The van der Waals surface area contributed by atoms with Crippen molar-refractivity contribution >= 4 is 0 Å². The number of rotatable bonds is 7. The van der Waals surface area contributed by atoms with Crippen molar-refractivity contribution in [1.82, 2.24) is 10.3 Å². The largest absolute Gasteiger partial charge is 0.455 e. The average Bonchev–Trinajstić information content (AvgIpc) is 2.50. The zero-order valence-electron chi connectivity index (χ0n) is 12.5. The highest BCUT2D eigenvalue weighted by molar-refractivity contribution is 5.37. The van der Waals surface area contributed by atoms with Gasteiger partial charge in [-0.2, -0.15) is 0 Å². The van der Waals surface area contributed by atoms with Crippen molar-refractivity contribution in [2.45, 2.75) is 26.3 Å². The minimum Gasteiger partial charge on any atom is -0.455 e. The fraction of sp³-hybridized carbons (Fsp3) is 0.353. The van der Waals surface area contributed by atoms with Gasteiger partial charge in [0.05, 0.1) is 11.9 Å². The number of pyridine rings is 1. The van der Waals surface area contributed by atoms with Gasteiger partial charge in [-0.15, -0.1) is 0 Å². The molecule has 1 heterocycles. The molecule has 4 nitrogen and oxygen atoms in total. The van der Waals surface area contributed by atoms with Gasteiger partial charge in [-0.05, 0) is 43.7 Å². The quantitative estimate of drug-likeness (QED) is 0.821. The van der Waals surface area contributed by atoms with Gasteiger partial charge in [0.15, 0.2) is 0 Å². The van der Waals surface area contributed by atoms with Gasteiger partial charge in [-0.3, -0.25) is 4.98 Å². The molecule has 0 radical (unpaired) electrons. The lowest BCUT2D eigenvalue weighted by molar-refractivity contribution is 0.298. The van der Waals surface area contributed by atoms with Crippen LogP contribution in [0.25, 0.3) is 0 Å². The monoisotopic (exact) mass is 286 g/mol. The summed E-state index contributed by atoms with van der Waals surface area (Å²) in [6.45, 7) is 5.18. The van der Waals surface area contributed by atoms with Crippen LogP contribution >= 0.6 is 0 Å². The van der Waals surface area contributed by atoms with Crippen LogP contribution in [0.1, 0.15) is 31.1 Å². The molecule has 0 amide bonds. The molecule has 0 spiro atoms. The molecule has 21 heavy (non-hydrogen) atoms. The Morgan fingerprint density at radius 1 is 1.24 bits per heavy atom. The number of ether oxygens (including phenoxy) is 1. The second kappa shape index (κ2) is 7.76. The van der Waals surface area contributed by atoms with Gasteiger partial charge in [0.25, 0.3) is 0 Å². The molecule has 2 rings (SSSR count). The summed E-state index contributed by atoms with van der Waals surface area (Å²) in [5.41, 5.74) is 1.98. The molecule has 0 aliphatic rings. The highest BCUT2D eigenvalue weighted by Crippen LogP contribution is 2.25. The van der Waals surface area contributed by atoms with Crippen molar-refractivity contribution in [2.75, 3.05) is 13.2 Å². The van der Waals surface area contributed by atoms with Crippen LogP contribution in [0.3, 0.4) is 0 Å². The van der Waals surface area contributed by atoms with Crippen LogP contribution in [0.4, 0.5) is 0 Å². The summed E-state index contributed by atoms with van der Waals surface area (Å²) in [6, 6.07) is 11.8. The first-order chi connectivity index (χ1) is 10.2. The SMILES string of the molecule is CCNC(C)c1ccc(Oc2ccccc2CCO)cn1. The van der Waals surface area contributed by atoms with Gasteiger partial charge in [0.2, 0.25) is 0 Å². The van der Waals surface area contributed by atoms with E-state index < -0.39 is 0 Å². The van der Waals surface area contributed by atoms with Crippen molar-refractivity contribution < 1.29 is 9.84 Å². The number of nitrogens with one attached hydrogen (secondary N) is 1. The van der Waals surface area contributed by atoms with E-state index in [4.69, 9.17) is 9.84 Å². The number of aromatic nitrogens is 1. The van der Waals surface area contributed by atoms with E-state index in [1.807, 2.05) is 36.4 Å². The first-order valence-corrected chi connectivity index (χ1v) is 7.30. The second-order valence-corrected chi connectivity index (χ2v) is 4.88. The molecule has 1 unspecified atom stereocenters. The van der Waals surface area contributed by atoms with Crippen LogP contribution in [-0.2, 0) is 6.42 Å².